The second kappa shape index (κ2) is 11.1. The van der Waals surface area contributed by atoms with E-state index in [4.69, 9.17) is 4.43 Å². The van der Waals surface area contributed by atoms with Gasteiger partial charge in [-0.05, 0) is 81.4 Å². The number of benzene rings is 3. The number of halogens is 1. The van der Waals surface area contributed by atoms with Crippen LogP contribution in [-0.4, -0.2) is 29.7 Å². The first-order valence-corrected chi connectivity index (χ1v) is 19.0. The zero-order valence-electron chi connectivity index (χ0n) is 24.9. The number of nitrogens with zero attached hydrogens (tertiary/aromatic N) is 1. The zero-order valence-corrected chi connectivity index (χ0v) is 27.5. The molecule has 0 spiro atoms. The first-order chi connectivity index (χ1) is 18.9. The average molecular weight is 615 g/mol. The number of aromatic nitrogens is 1. The van der Waals surface area contributed by atoms with E-state index in [0.717, 1.165) is 0 Å². The Kier molecular flexibility index (Phi) is 8.45. The van der Waals surface area contributed by atoms with Crippen LogP contribution < -0.4 is 9.15 Å². The van der Waals surface area contributed by atoms with E-state index in [1.54, 1.807) is 42.5 Å². The van der Waals surface area contributed by atoms with E-state index in [-0.39, 0.29) is 9.93 Å². The minimum absolute atomic E-state index is 0.107. The van der Waals surface area contributed by atoms with Crippen molar-refractivity contribution in [3.63, 3.8) is 0 Å². The van der Waals surface area contributed by atoms with Crippen LogP contribution in [0, 0.1) is 5.82 Å². The molecule has 2 atom stereocenters. The molecule has 0 aliphatic carbocycles. The second-order valence-corrected chi connectivity index (χ2v) is 21.2. The van der Waals surface area contributed by atoms with Gasteiger partial charge in [-0.1, -0.05) is 57.2 Å². The third-order valence-electron chi connectivity index (χ3n) is 7.51. The van der Waals surface area contributed by atoms with Crippen molar-refractivity contribution in [2.45, 2.75) is 75.4 Å². The summed E-state index contributed by atoms with van der Waals surface area (Å²) in [4.78, 5) is 0.107. The highest BCUT2D eigenvalue weighted by Crippen LogP contribution is 2.42. The van der Waals surface area contributed by atoms with Gasteiger partial charge in [0.15, 0.2) is 0 Å². The molecule has 1 N–H and O–H groups in total. The lowest BCUT2D eigenvalue weighted by molar-refractivity contribution is 0.479. The van der Waals surface area contributed by atoms with Crippen LogP contribution in [0.4, 0.5) is 4.39 Å². The van der Waals surface area contributed by atoms with Gasteiger partial charge in [0, 0.05) is 10.9 Å². The minimum atomic E-state index is -4.11. The molecule has 1 aromatic heterocycles. The van der Waals surface area contributed by atoms with Crippen molar-refractivity contribution in [3.05, 3.63) is 95.9 Å². The monoisotopic (exact) mass is 614 g/mol. The van der Waals surface area contributed by atoms with E-state index in [9.17, 15) is 17.0 Å². The van der Waals surface area contributed by atoms with Crippen LogP contribution in [0.2, 0.25) is 18.1 Å². The smallest absolute Gasteiger partial charge is 0.268 e. The molecule has 0 aliphatic heterocycles. The van der Waals surface area contributed by atoms with Gasteiger partial charge in [0.25, 0.3) is 10.0 Å². The number of nitrogens with one attached hydrogen (secondary N) is 1. The van der Waals surface area contributed by atoms with Crippen molar-refractivity contribution < 1.29 is 21.4 Å². The Hall–Kier alpha value is -2.79. The summed E-state index contributed by atoms with van der Waals surface area (Å²) in [6.07, 6.45) is 0. The van der Waals surface area contributed by atoms with Crippen molar-refractivity contribution >= 4 is 40.2 Å². The molecule has 4 rings (SSSR count). The third kappa shape index (κ3) is 6.35. The number of rotatable bonds is 8. The molecule has 0 radical (unpaired) electrons. The zero-order chi connectivity index (χ0) is 30.4. The predicted molar refractivity (Wildman–Crippen MR) is 168 cm³/mol. The first-order valence-electron chi connectivity index (χ1n) is 13.5. The van der Waals surface area contributed by atoms with Crippen LogP contribution in [0.25, 0.3) is 10.9 Å². The predicted octanol–water partition coefficient (Wildman–Crippen LogP) is 7.54. The van der Waals surface area contributed by atoms with Crippen molar-refractivity contribution in [1.82, 2.24) is 8.69 Å². The minimum Gasteiger partial charge on any atom is -0.543 e. The molecule has 41 heavy (non-hydrogen) atoms. The van der Waals surface area contributed by atoms with Crippen molar-refractivity contribution in [2.24, 2.45) is 0 Å². The molecule has 0 bridgehead atoms. The van der Waals surface area contributed by atoms with Gasteiger partial charge in [-0.25, -0.2) is 25.7 Å². The average Bonchev–Trinajstić information content (AvgIpc) is 3.27. The highest BCUT2D eigenvalue weighted by atomic mass is 32.2. The standard InChI is InChI=1S/C31H39FN2O4S2Si/c1-30(2,3)39(35)33-29(25-21-23(32)18-19-28(25)38-41(7,8)31(4,5)6)27-20-22-14-12-13-17-26(22)34(27)40(36,37)24-15-10-9-11-16-24/h9-21,29,33H,1-8H3/t29-,39?/m1/s1. The second-order valence-electron chi connectivity index (χ2n) is 12.7. The highest BCUT2D eigenvalue weighted by molar-refractivity contribution is 7.90. The third-order valence-corrected chi connectivity index (χ3v) is 15.2. The van der Waals surface area contributed by atoms with E-state index in [1.165, 1.54) is 28.2 Å². The number of hydrogen-bond acceptors (Lipinski definition) is 4. The SMILES string of the molecule is CC(C)(C)S(=O)N[C@H](c1cc(F)ccc1O[Si](C)(C)C(C)(C)C)c1cc2ccccc2n1S(=O)(=O)c1ccccc1. The van der Waals surface area contributed by atoms with Gasteiger partial charge in [0.2, 0.25) is 8.32 Å². The Morgan fingerprint density at radius 3 is 2.12 bits per heavy atom. The molecule has 0 amide bonds. The largest absolute Gasteiger partial charge is 0.543 e. The molecule has 4 aromatic rings. The van der Waals surface area contributed by atoms with Gasteiger partial charge in [0.05, 0.1) is 37.9 Å². The van der Waals surface area contributed by atoms with Crippen molar-refractivity contribution in [2.75, 3.05) is 0 Å². The maximum Gasteiger partial charge on any atom is 0.268 e. The Morgan fingerprint density at radius 2 is 1.51 bits per heavy atom. The quantitative estimate of drug-likeness (QED) is 0.208. The van der Waals surface area contributed by atoms with E-state index in [1.807, 2.05) is 32.9 Å². The maximum absolute atomic E-state index is 15.0. The summed E-state index contributed by atoms with van der Waals surface area (Å²) in [6, 6.07) is 20.4. The summed E-state index contributed by atoms with van der Waals surface area (Å²) < 4.78 is 67.5. The Labute approximate surface area is 246 Å². The van der Waals surface area contributed by atoms with Gasteiger partial charge in [0.1, 0.15) is 11.6 Å². The van der Waals surface area contributed by atoms with E-state index >= 15 is 0 Å². The fourth-order valence-corrected chi connectivity index (χ4v) is 7.58. The van der Waals surface area contributed by atoms with E-state index in [0.29, 0.717) is 27.9 Å². The van der Waals surface area contributed by atoms with Crippen LogP contribution in [0.3, 0.4) is 0 Å². The summed E-state index contributed by atoms with van der Waals surface area (Å²) >= 11 is 0. The van der Waals surface area contributed by atoms with Gasteiger partial charge < -0.3 is 4.43 Å². The molecule has 0 saturated heterocycles. The fourth-order valence-electron chi connectivity index (χ4n) is 4.15. The van der Waals surface area contributed by atoms with Crippen molar-refractivity contribution in [3.8, 4) is 5.75 Å². The molecule has 1 unspecified atom stereocenters. The molecule has 220 valence electrons. The topological polar surface area (TPSA) is 77.4 Å². The number of hydrogen-bond donors (Lipinski definition) is 1. The normalized spacial score (nSPS) is 14.7. The summed E-state index contributed by atoms with van der Waals surface area (Å²) in [7, 11) is -8.16. The molecule has 3 aromatic carbocycles. The molecule has 1 heterocycles. The summed E-state index contributed by atoms with van der Waals surface area (Å²) in [5.41, 5.74) is 1.14. The fraction of sp³-hybridized carbons (Fsp3) is 0.355. The van der Waals surface area contributed by atoms with E-state index in [2.05, 4.69) is 38.6 Å². The number of fused-ring (bicyclic) bond motifs is 1. The molecule has 0 aliphatic rings. The molecule has 0 saturated carbocycles. The van der Waals surface area contributed by atoms with Gasteiger partial charge in [-0.3, -0.25) is 0 Å². The summed E-state index contributed by atoms with van der Waals surface area (Å²) in [5.74, 6) is -0.0835. The highest BCUT2D eigenvalue weighted by Gasteiger charge is 2.40. The van der Waals surface area contributed by atoms with Crippen molar-refractivity contribution in [1.29, 1.82) is 0 Å². The van der Waals surface area contributed by atoms with Gasteiger partial charge >= 0.3 is 0 Å². The lowest BCUT2D eigenvalue weighted by atomic mass is 10.0. The Morgan fingerprint density at radius 1 is 0.902 bits per heavy atom. The maximum atomic E-state index is 15.0. The lowest BCUT2D eigenvalue weighted by Gasteiger charge is -2.37. The summed E-state index contributed by atoms with van der Waals surface area (Å²) in [5, 5.41) is 0.528. The van der Waals surface area contributed by atoms with Crippen LogP contribution in [0.15, 0.2) is 83.8 Å². The van der Waals surface area contributed by atoms with E-state index < -0.39 is 45.9 Å². The molecule has 6 nitrogen and oxygen atoms in total. The van der Waals surface area contributed by atoms with Crippen LogP contribution in [0.1, 0.15) is 58.8 Å². The van der Waals surface area contributed by atoms with Gasteiger partial charge in [-0.2, -0.15) is 0 Å². The first kappa shape index (κ1) is 31.1. The Bertz CT molecular complexity index is 1690. The molecule has 0 fully saturated rings. The van der Waals surface area contributed by atoms with Crippen LogP contribution in [0.5, 0.6) is 5.75 Å². The molecule has 10 heteroatoms. The number of para-hydroxylation sites is 1. The van der Waals surface area contributed by atoms with Crippen LogP contribution >= 0.6 is 0 Å². The summed E-state index contributed by atoms with van der Waals surface area (Å²) in [6.45, 7) is 16.0. The van der Waals surface area contributed by atoms with Gasteiger partial charge in [-0.15, -0.1) is 0 Å². The van der Waals surface area contributed by atoms with Crippen LogP contribution in [-0.2, 0) is 21.0 Å². The molecular weight excluding hydrogens is 576 g/mol. The molecular formula is C31H39FN2O4S2Si. The lowest BCUT2D eigenvalue weighted by Crippen LogP contribution is -2.44. The Balaban J connectivity index is 2.05.